The molecule has 0 aromatic carbocycles. The van der Waals surface area contributed by atoms with Crippen LogP contribution in [0.5, 0.6) is 0 Å². The lowest BCUT2D eigenvalue weighted by Crippen LogP contribution is -2.32. The highest BCUT2D eigenvalue weighted by Crippen LogP contribution is 2.36. The molecule has 1 unspecified atom stereocenters. The Bertz CT molecular complexity index is 315. The van der Waals surface area contributed by atoms with Crippen LogP contribution < -0.4 is 5.32 Å². The van der Waals surface area contributed by atoms with Crippen LogP contribution >= 0.6 is 11.8 Å². The third kappa shape index (κ3) is 2.79. The number of rotatable bonds is 4. The molecule has 1 aromatic rings. The molecule has 0 amide bonds. The Labute approximate surface area is 95.8 Å². The standard InChI is InChI=1S/C12H19NOS/c1-10-4-6-14-11(10)8-13-9-12(2)5-3-7-15-12/h4,6,13H,3,5,7-9H2,1-2H3. The number of nitrogens with one attached hydrogen (secondary N) is 1. The van der Waals surface area contributed by atoms with E-state index in [1.165, 1.54) is 24.2 Å². The first-order chi connectivity index (χ1) is 7.20. The van der Waals surface area contributed by atoms with Gasteiger partial charge in [-0.15, -0.1) is 0 Å². The van der Waals surface area contributed by atoms with E-state index in [1.54, 1.807) is 6.26 Å². The van der Waals surface area contributed by atoms with Gasteiger partial charge in [0.25, 0.3) is 0 Å². The van der Waals surface area contributed by atoms with Crippen molar-refractivity contribution in [2.75, 3.05) is 12.3 Å². The largest absolute Gasteiger partial charge is 0.468 e. The minimum atomic E-state index is 0.445. The van der Waals surface area contributed by atoms with Gasteiger partial charge in [0.1, 0.15) is 5.76 Å². The van der Waals surface area contributed by atoms with Gasteiger partial charge in [0.05, 0.1) is 12.8 Å². The fourth-order valence-corrected chi connectivity index (χ4v) is 3.28. The van der Waals surface area contributed by atoms with Crippen molar-refractivity contribution in [2.24, 2.45) is 0 Å². The van der Waals surface area contributed by atoms with Gasteiger partial charge >= 0.3 is 0 Å². The van der Waals surface area contributed by atoms with E-state index in [9.17, 15) is 0 Å². The van der Waals surface area contributed by atoms with Crippen LogP contribution in [0.4, 0.5) is 0 Å². The molecule has 15 heavy (non-hydrogen) atoms. The van der Waals surface area contributed by atoms with E-state index >= 15 is 0 Å². The fourth-order valence-electron chi connectivity index (χ4n) is 2.00. The molecule has 0 aliphatic carbocycles. The maximum Gasteiger partial charge on any atom is 0.120 e. The fraction of sp³-hybridized carbons (Fsp3) is 0.667. The highest BCUT2D eigenvalue weighted by molar-refractivity contribution is 8.00. The lowest BCUT2D eigenvalue weighted by atomic mass is 10.1. The third-order valence-corrected chi connectivity index (χ3v) is 4.59. The van der Waals surface area contributed by atoms with Crippen molar-refractivity contribution in [3.63, 3.8) is 0 Å². The summed E-state index contributed by atoms with van der Waals surface area (Å²) in [4.78, 5) is 0. The van der Waals surface area contributed by atoms with E-state index < -0.39 is 0 Å². The van der Waals surface area contributed by atoms with Crippen molar-refractivity contribution in [2.45, 2.75) is 38.0 Å². The Morgan fingerprint density at radius 1 is 1.60 bits per heavy atom. The predicted octanol–water partition coefficient (Wildman–Crippen LogP) is 2.96. The van der Waals surface area contributed by atoms with Crippen molar-refractivity contribution in [1.82, 2.24) is 5.32 Å². The van der Waals surface area contributed by atoms with Crippen molar-refractivity contribution < 1.29 is 4.42 Å². The number of thioether (sulfide) groups is 1. The van der Waals surface area contributed by atoms with E-state index in [-0.39, 0.29) is 0 Å². The van der Waals surface area contributed by atoms with Crippen LogP contribution in [0.1, 0.15) is 31.1 Å². The highest BCUT2D eigenvalue weighted by atomic mass is 32.2. The van der Waals surface area contributed by atoms with Gasteiger partial charge in [-0.05, 0) is 44.1 Å². The second-order valence-corrected chi connectivity index (χ2v) is 6.21. The molecule has 2 rings (SSSR count). The molecule has 1 aliphatic rings. The van der Waals surface area contributed by atoms with Gasteiger partial charge in [0, 0.05) is 11.3 Å². The summed E-state index contributed by atoms with van der Waals surface area (Å²) in [6, 6.07) is 2.02. The summed E-state index contributed by atoms with van der Waals surface area (Å²) in [5.74, 6) is 2.39. The van der Waals surface area contributed by atoms with Crippen LogP contribution in [0.25, 0.3) is 0 Å². The van der Waals surface area contributed by atoms with E-state index in [0.717, 1.165) is 18.8 Å². The summed E-state index contributed by atoms with van der Waals surface area (Å²) in [6.07, 6.45) is 4.46. The molecule has 1 saturated heterocycles. The van der Waals surface area contributed by atoms with Crippen LogP contribution in [0.2, 0.25) is 0 Å². The maximum absolute atomic E-state index is 5.39. The number of furan rings is 1. The summed E-state index contributed by atoms with van der Waals surface area (Å²) in [6.45, 7) is 6.38. The molecule has 1 aromatic heterocycles. The molecule has 1 aliphatic heterocycles. The molecule has 0 saturated carbocycles. The van der Waals surface area contributed by atoms with E-state index in [0.29, 0.717) is 4.75 Å². The topological polar surface area (TPSA) is 25.2 Å². The van der Waals surface area contributed by atoms with Crippen LogP contribution in [0, 0.1) is 6.92 Å². The molecular formula is C12H19NOS. The molecule has 0 bridgehead atoms. The van der Waals surface area contributed by atoms with Gasteiger partial charge in [-0.1, -0.05) is 0 Å². The van der Waals surface area contributed by atoms with Gasteiger partial charge in [0.15, 0.2) is 0 Å². The quantitative estimate of drug-likeness (QED) is 0.853. The normalized spacial score (nSPS) is 26.0. The Morgan fingerprint density at radius 3 is 3.07 bits per heavy atom. The zero-order valence-corrected chi connectivity index (χ0v) is 10.3. The predicted molar refractivity (Wildman–Crippen MR) is 65.2 cm³/mol. The minimum absolute atomic E-state index is 0.445. The first-order valence-corrected chi connectivity index (χ1v) is 6.56. The zero-order valence-electron chi connectivity index (χ0n) is 9.51. The molecule has 2 heterocycles. The third-order valence-electron chi connectivity index (χ3n) is 3.05. The van der Waals surface area contributed by atoms with Gasteiger partial charge in [-0.2, -0.15) is 11.8 Å². The van der Waals surface area contributed by atoms with E-state index in [2.05, 4.69) is 30.9 Å². The smallest absolute Gasteiger partial charge is 0.120 e. The number of hydrogen-bond donors (Lipinski definition) is 1. The SMILES string of the molecule is Cc1ccoc1CNCC1(C)CCCS1. The Balaban J connectivity index is 1.77. The van der Waals surface area contributed by atoms with Crippen molar-refractivity contribution >= 4 is 11.8 Å². The van der Waals surface area contributed by atoms with Gasteiger partial charge < -0.3 is 9.73 Å². The monoisotopic (exact) mass is 225 g/mol. The number of aryl methyl sites for hydroxylation is 1. The molecular weight excluding hydrogens is 206 g/mol. The molecule has 1 atom stereocenters. The van der Waals surface area contributed by atoms with Crippen LogP contribution in [-0.4, -0.2) is 17.0 Å². The molecule has 0 radical (unpaired) electrons. The summed E-state index contributed by atoms with van der Waals surface area (Å²) < 4.78 is 5.84. The average Bonchev–Trinajstić information content (AvgIpc) is 2.78. The van der Waals surface area contributed by atoms with Crippen LogP contribution in [0.3, 0.4) is 0 Å². The van der Waals surface area contributed by atoms with Gasteiger partial charge in [-0.3, -0.25) is 0 Å². The van der Waals surface area contributed by atoms with Crippen molar-refractivity contribution in [3.8, 4) is 0 Å². The first-order valence-electron chi connectivity index (χ1n) is 5.57. The minimum Gasteiger partial charge on any atom is -0.468 e. The summed E-state index contributed by atoms with van der Waals surface area (Å²) in [5.41, 5.74) is 1.24. The molecule has 1 fully saturated rings. The lowest BCUT2D eigenvalue weighted by Gasteiger charge is -2.22. The molecule has 1 N–H and O–H groups in total. The molecule has 2 nitrogen and oxygen atoms in total. The Kier molecular flexibility index (Phi) is 3.42. The van der Waals surface area contributed by atoms with Crippen molar-refractivity contribution in [3.05, 3.63) is 23.7 Å². The van der Waals surface area contributed by atoms with Crippen molar-refractivity contribution in [1.29, 1.82) is 0 Å². The first kappa shape index (κ1) is 11.1. The van der Waals surface area contributed by atoms with E-state index in [1.807, 2.05) is 6.07 Å². The second kappa shape index (κ2) is 4.62. The maximum atomic E-state index is 5.39. The Morgan fingerprint density at radius 2 is 2.47 bits per heavy atom. The second-order valence-electron chi connectivity index (χ2n) is 4.53. The van der Waals surface area contributed by atoms with Gasteiger partial charge in [0.2, 0.25) is 0 Å². The Hall–Kier alpha value is -0.410. The molecule has 0 spiro atoms. The van der Waals surface area contributed by atoms with Crippen LogP contribution in [-0.2, 0) is 6.54 Å². The van der Waals surface area contributed by atoms with Gasteiger partial charge in [-0.25, -0.2) is 0 Å². The molecule has 3 heteroatoms. The van der Waals surface area contributed by atoms with E-state index in [4.69, 9.17) is 4.42 Å². The summed E-state index contributed by atoms with van der Waals surface area (Å²) in [5, 5.41) is 3.50. The lowest BCUT2D eigenvalue weighted by molar-refractivity contribution is 0.461. The number of hydrogen-bond acceptors (Lipinski definition) is 3. The average molecular weight is 225 g/mol. The molecule has 84 valence electrons. The highest BCUT2D eigenvalue weighted by Gasteiger charge is 2.28. The zero-order chi connectivity index (χ0) is 10.7. The summed E-state index contributed by atoms with van der Waals surface area (Å²) in [7, 11) is 0. The van der Waals surface area contributed by atoms with Crippen LogP contribution in [0.15, 0.2) is 16.7 Å². The summed E-state index contributed by atoms with van der Waals surface area (Å²) >= 11 is 2.09.